The van der Waals surface area contributed by atoms with Gasteiger partial charge < -0.3 is 4.74 Å². The Morgan fingerprint density at radius 1 is 1.17 bits per heavy atom. The molecule has 0 fully saturated rings. The van der Waals surface area contributed by atoms with Crippen LogP contribution in [0, 0.1) is 5.41 Å². The van der Waals surface area contributed by atoms with Crippen LogP contribution in [0.25, 0.3) is 0 Å². The van der Waals surface area contributed by atoms with Gasteiger partial charge in [-0.25, -0.2) is 0 Å². The van der Waals surface area contributed by atoms with Crippen molar-refractivity contribution in [1.29, 1.82) is 0 Å². The molecule has 0 aromatic carbocycles. The van der Waals surface area contributed by atoms with Gasteiger partial charge in [0.05, 0.1) is 6.61 Å². The molecule has 1 aliphatic rings. The molecule has 23 heavy (non-hydrogen) atoms. The maximum Gasteiger partial charge on any atom is 0.0652 e. The lowest BCUT2D eigenvalue weighted by atomic mass is 9.72. The molecule has 0 saturated carbocycles. The highest BCUT2D eigenvalue weighted by Crippen LogP contribution is 2.40. The van der Waals surface area contributed by atoms with Crippen LogP contribution in [0.1, 0.15) is 60.8 Å². The van der Waals surface area contributed by atoms with Gasteiger partial charge in [-0.15, -0.1) is 0 Å². The van der Waals surface area contributed by atoms with E-state index in [-0.39, 0.29) is 0 Å². The number of rotatable bonds is 7. The minimum Gasteiger partial charge on any atom is -0.378 e. The van der Waals surface area contributed by atoms with Crippen LogP contribution in [0.15, 0.2) is 58.7 Å². The number of ether oxygens (including phenoxy) is 1. The molecule has 0 N–H and O–H groups in total. The first kappa shape index (κ1) is 19.7. The molecule has 1 aliphatic carbocycles. The molecular weight excluding hydrogens is 280 g/mol. The number of allylic oxidation sites excluding steroid dienone is 9. The van der Waals surface area contributed by atoms with E-state index in [0.29, 0.717) is 12.0 Å². The first-order chi connectivity index (χ1) is 10.9. The van der Waals surface area contributed by atoms with E-state index in [1.807, 2.05) is 6.92 Å². The minimum absolute atomic E-state index is 0.313. The second-order valence-corrected chi connectivity index (χ2v) is 7.14. The van der Waals surface area contributed by atoms with Gasteiger partial charge in [-0.1, -0.05) is 67.0 Å². The van der Waals surface area contributed by atoms with E-state index >= 15 is 0 Å². The van der Waals surface area contributed by atoms with Crippen LogP contribution in [-0.2, 0) is 4.74 Å². The monoisotopic (exact) mass is 314 g/mol. The summed E-state index contributed by atoms with van der Waals surface area (Å²) in [6.07, 6.45) is 16.9. The van der Waals surface area contributed by atoms with Crippen LogP contribution in [0.4, 0.5) is 0 Å². The molecule has 0 radical (unpaired) electrons. The maximum absolute atomic E-state index is 5.32. The van der Waals surface area contributed by atoms with Crippen LogP contribution in [0.3, 0.4) is 0 Å². The fourth-order valence-electron chi connectivity index (χ4n) is 3.01. The Hall–Kier alpha value is -1.34. The summed E-state index contributed by atoms with van der Waals surface area (Å²) in [6.45, 7) is 14.7. The first-order valence-electron chi connectivity index (χ1n) is 8.84. The molecule has 0 atom stereocenters. The lowest BCUT2D eigenvalue weighted by Crippen LogP contribution is -2.19. The molecule has 0 spiro atoms. The standard InChI is InChI=1S/C22H34O/c1-7-23-17-15-19(3)11-8-10-18(2)13-14-21-20(4)12-9-16-22(21,5)6/h8,10-11,13-15H,7,9,12,16-17H2,1-6H3/b11-8+,14-13+,18-10+,19-15+. The molecule has 0 aromatic rings. The molecule has 1 heteroatoms. The van der Waals surface area contributed by atoms with Crippen LogP contribution < -0.4 is 0 Å². The summed E-state index contributed by atoms with van der Waals surface area (Å²) in [5.74, 6) is 0. The van der Waals surface area contributed by atoms with Gasteiger partial charge in [-0.2, -0.15) is 0 Å². The summed E-state index contributed by atoms with van der Waals surface area (Å²) in [7, 11) is 0. The third kappa shape index (κ3) is 7.18. The minimum atomic E-state index is 0.313. The van der Waals surface area contributed by atoms with Crippen molar-refractivity contribution in [3.8, 4) is 0 Å². The summed E-state index contributed by atoms with van der Waals surface area (Å²) in [5, 5.41) is 0. The predicted molar refractivity (Wildman–Crippen MR) is 103 cm³/mol. The Labute approximate surface area is 143 Å². The molecule has 0 saturated heterocycles. The highest BCUT2D eigenvalue weighted by Gasteiger charge is 2.26. The molecule has 0 amide bonds. The molecule has 0 heterocycles. The van der Waals surface area contributed by atoms with E-state index in [1.54, 1.807) is 5.57 Å². The second kappa shape index (κ2) is 9.72. The summed E-state index contributed by atoms with van der Waals surface area (Å²) in [6, 6.07) is 0. The first-order valence-corrected chi connectivity index (χ1v) is 8.84. The SMILES string of the molecule is CCOC/C=C(C)/C=C/C=C(C)/C=C/C1=C(C)CCCC1(C)C. The van der Waals surface area contributed by atoms with Crippen molar-refractivity contribution in [3.05, 3.63) is 58.7 Å². The van der Waals surface area contributed by atoms with Gasteiger partial charge in [0.1, 0.15) is 0 Å². The van der Waals surface area contributed by atoms with Gasteiger partial charge in [-0.05, 0) is 57.9 Å². The van der Waals surface area contributed by atoms with Gasteiger partial charge in [0.15, 0.2) is 0 Å². The third-order valence-corrected chi connectivity index (χ3v) is 4.50. The Balaban J connectivity index is 2.67. The van der Waals surface area contributed by atoms with Crippen molar-refractivity contribution in [3.63, 3.8) is 0 Å². The van der Waals surface area contributed by atoms with E-state index < -0.39 is 0 Å². The van der Waals surface area contributed by atoms with E-state index in [1.165, 1.54) is 36.0 Å². The molecule has 0 aromatic heterocycles. The second-order valence-electron chi connectivity index (χ2n) is 7.14. The number of hydrogen-bond donors (Lipinski definition) is 0. The molecule has 0 aliphatic heterocycles. The van der Waals surface area contributed by atoms with Crippen molar-refractivity contribution in [2.75, 3.05) is 13.2 Å². The third-order valence-electron chi connectivity index (χ3n) is 4.50. The van der Waals surface area contributed by atoms with E-state index in [9.17, 15) is 0 Å². The number of hydrogen-bond acceptors (Lipinski definition) is 1. The van der Waals surface area contributed by atoms with Crippen LogP contribution in [0.2, 0.25) is 0 Å². The summed E-state index contributed by atoms with van der Waals surface area (Å²) >= 11 is 0. The smallest absolute Gasteiger partial charge is 0.0652 e. The molecular formula is C22H34O. The van der Waals surface area contributed by atoms with Gasteiger partial charge in [0.2, 0.25) is 0 Å². The average molecular weight is 315 g/mol. The molecule has 0 unspecified atom stereocenters. The van der Waals surface area contributed by atoms with Crippen molar-refractivity contribution < 1.29 is 4.74 Å². The highest BCUT2D eigenvalue weighted by atomic mass is 16.5. The Bertz CT molecular complexity index is 524. The zero-order chi connectivity index (χ0) is 17.3. The fraction of sp³-hybridized carbons (Fsp3) is 0.545. The maximum atomic E-state index is 5.32. The zero-order valence-corrected chi connectivity index (χ0v) is 15.9. The molecule has 1 nitrogen and oxygen atoms in total. The van der Waals surface area contributed by atoms with Crippen molar-refractivity contribution in [2.45, 2.75) is 60.8 Å². The van der Waals surface area contributed by atoms with Gasteiger partial charge in [-0.3, -0.25) is 0 Å². The predicted octanol–water partition coefficient (Wildman–Crippen LogP) is 6.55. The largest absolute Gasteiger partial charge is 0.378 e. The summed E-state index contributed by atoms with van der Waals surface area (Å²) in [4.78, 5) is 0. The van der Waals surface area contributed by atoms with Gasteiger partial charge in [0.25, 0.3) is 0 Å². The topological polar surface area (TPSA) is 9.23 Å². The molecule has 0 bridgehead atoms. The summed E-state index contributed by atoms with van der Waals surface area (Å²) in [5.41, 5.74) is 5.90. The van der Waals surface area contributed by atoms with Crippen molar-refractivity contribution in [1.82, 2.24) is 0 Å². The van der Waals surface area contributed by atoms with Gasteiger partial charge in [0, 0.05) is 6.61 Å². The van der Waals surface area contributed by atoms with Crippen LogP contribution in [-0.4, -0.2) is 13.2 Å². The summed E-state index contributed by atoms with van der Waals surface area (Å²) < 4.78 is 5.32. The van der Waals surface area contributed by atoms with E-state index in [4.69, 9.17) is 4.74 Å². The van der Waals surface area contributed by atoms with Crippen molar-refractivity contribution >= 4 is 0 Å². The highest BCUT2D eigenvalue weighted by molar-refractivity contribution is 5.37. The van der Waals surface area contributed by atoms with E-state index in [2.05, 4.69) is 71.1 Å². The van der Waals surface area contributed by atoms with Gasteiger partial charge >= 0.3 is 0 Å². The lowest BCUT2D eigenvalue weighted by Gasteiger charge is -2.32. The quantitative estimate of drug-likeness (QED) is 0.382. The zero-order valence-electron chi connectivity index (χ0n) is 15.9. The molecule has 128 valence electrons. The lowest BCUT2D eigenvalue weighted by molar-refractivity contribution is 0.177. The van der Waals surface area contributed by atoms with Crippen LogP contribution in [0.5, 0.6) is 0 Å². The fourth-order valence-corrected chi connectivity index (χ4v) is 3.01. The Morgan fingerprint density at radius 2 is 1.91 bits per heavy atom. The molecule has 1 rings (SSSR count). The van der Waals surface area contributed by atoms with Crippen LogP contribution >= 0.6 is 0 Å². The van der Waals surface area contributed by atoms with E-state index in [0.717, 1.165) is 6.61 Å². The van der Waals surface area contributed by atoms with Crippen molar-refractivity contribution in [2.24, 2.45) is 5.41 Å². The average Bonchev–Trinajstić information content (AvgIpc) is 2.46. The Morgan fingerprint density at radius 3 is 2.57 bits per heavy atom. The Kier molecular flexibility index (Phi) is 8.33. The normalized spacial score (nSPS) is 20.1.